The average Bonchev–Trinajstić information content (AvgIpc) is 2.62. The van der Waals surface area contributed by atoms with Gasteiger partial charge in [-0.15, -0.1) is 11.8 Å². The summed E-state index contributed by atoms with van der Waals surface area (Å²) in [5.74, 6) is -0.343. The Morgan fingerprint density at radius 3 is 2.43 bits per heavy atom. The summed E-state index contributed by atoms with van der Waals surface area (Å²) >= 11 is 1.21. The summed E-state index contributed by atoms with van der Waals surface area (Å²) in [6.07, 6.45) is -0.628. The van der Waals surface area contributed by atoms with Crippen LogP contribution in [0, 0.1) is 0 Å². The van der Waals surface area contributed by atoms with Gasteiger partial charge in [0.2, 0.25) is 5.91 Å². The van der Waals surface area contributed by atoms with Gasteiger partial charge in [0.25, 0.3) is 0 Å². The summed E-state index contributed by atoms with van der Waals surface area (Å²) in [4.78, 5) is 36.7. The van der Waals surface area contributed by atoms with E-state index in [1.54, 1.807) is 33.8 Å². The van der Waals surface area contributed by atoms with Crippen molar-refractivity contribution in [2.75, 3.05) is 26.8 Å². The molecule has 0 saturated carbocycles. The first-order valence-corrected chi connectivity index (χ1v) is 9.74. The molecule has 0 heterocycles. The van der Waals surface area contributed by atoms with Crippen LogP contribution in [0.2, 0.25) is 0 Å². The monoisotopic (exact) mass is 412 g/mol. The molecule has 0 spiro atoms. The maximum absolute atomic E-state index is 12.6. The number of hydrogen-bond donors (Lipinski definition) is 2. The minimum absolute atomic E-state index is 0.00624. The number of rotatable bonds is 9. The highest BCUT2D eigenvalue weighted by molar-refractivity contribution is 8.00. The molecular formula is C19H28N2O6S. The van der Waals surface area contributed by atoms with Gasteiger partial charge < -0.3 is 24.8 Å². The van der Waals surface area contributed by atoms with Gasteiger partial charge in [0, 0.05) is 6.54 Å². The van der Waals surface area contributed by atoms with Crippen molar-refractivity contribution < 1.29 is 28.6 Å². The van der Waals surface area contributed by atoms with Crippen LogP contribution in [-0.4, -0.2) is 55.6 Å². The molecule has 2 amide bonds. The molecule has 28 heavy (non-hydrogen) atoms. The number of carbonyl (C=O) groups excluding carboxylic acids is 3. The minimum Gasteiger partial charge on any atom is -0.496 e. The summed E-state index contributed by atoms with van der Waals surface area (Å²) < 4.78 is 15.3. The number of alkyl carbamates (subject to hydrolysis) is 1. The Hall–Kier alpha value is -2.42. The number of thioether (sulfide) groups is 1. The van der Waals surface area contributed by atoms with Crippen molar-refractivity contribution in [1.82, 2.24) is 10.6 Å². The number of hydrogen-bond acceptors (Lipinski definition) is 7. The highest BCUT2D eigenvalue weighted by Gasteiger charge is 2.24. The van der Waals surface area contributed by atoms with Crippen LogP contribution in [0.1, 0.15) is 27.7 Å². The Morgan fingerprint density at radius 2 is 1.82 bits per heavy atom. The minimum atomic E-state index is -0.710. The largest absolute Gasteiger partial charge is 0.496 e. The lowest BCUT2D eigenvalue weighted by atomic mass is 10.2. The molecule has 0 aliphatic carbocycles. The number of nitrogens with one attached hydrogen (secondary N) is 2. The molecule has 0 saturated heterocycles. The Morgan fingerprint density at radius 1 is 1.14 bits per heavy atom. The van der Waals surface area contributed by atoms with Gasteiger partial charge in [-0.25, -0.2) is 4.79 Å². The predicted molar refractivity (Wildman–Crippen MR) is 107 cm³/mol. The van der Waals surface area contributed by atoms with Gasteiger partial charge in [-0.3, -0.25) is 9.59 Å². The summed E-state index contributed by atoms with van der Waals surface area (Å²) in [5, 5.41) is 4.41. The molecule has 0 aliphatic heterocycles. The van der Waals surface area contributed by atoms with Crippen LogP contribution in [-0.2, 0) is 19.1 Å². The van der Waals surface area contributed by atoms with Crippen LogP contribution in [0.15, 0.2) is 29.2 Å². The summed E-state index contributed by atoms with van der Waals surface area (Å²) in [6, 6.07) is 7.22. The molecule has 156 valence electrons. The number of ether oxygens (including phenoxy) is 3. The van der Waals surface area contributed by atoms with Crippen molar-refractivity contribution >= 4 is 29.7 Å². The molecule has 2 N–H and O–H groups in total. The lowest BCUT2D eigenvalue weighted by molar-refractivity contribution is -0.143. The molecule has 0 bridgehead atoms. The molecule has 0 radical (unpaired) electrons. The number of amides is 2. The molecule has 9 heteroatoms. The van der Waals surface area contributed by atoms with Crippen molar-refractivity contribution in [3.05, 3.63) is 24.3 Å². The van der Waals surface area contributed by atoms with E-state index in [0.29, 0.717) is 5.75 Å². The lowest BCUT2D eigenvalue weighted by Crippen LogP contribution is -2.44. The fourth-order valence-corrected chi connectivity index (χ4v) is 3.12. The second-order valence-corrected chi connectivity index (χ2v) is 7.91. The Labute approximate surface area is 169 Å². The zero-order chi connectivity index (χ0) is 21.2. The highest BCUT2D eigenvalue weighted by atomic mass is 32.2. The van der Waals surface area contributed by atoms with E-state index in [1.165, 1.54) is 18.9 Å². The van der Waals surface area contributed by atoms with Gasteiger partial charge >= 0.3 is 12.1 Å². The molecular weight excluding hydrogens is 384 g/mol. The van der Waals surface area contributed by atoms with Crippen LogP contribution in [0.5, 0.6) is 5.75 Å². The fourth-order valence-electron chi connectivity index (χ4n) is 2.03. The third-order valence-corrected chi connectivity index (χ3v) is 4.43. The summed E-state index contributed by atoms with van der Waals surface area (Å²) in [7, 11) is 1.54. The SMILES string of the molecule is CCOC(=O)CNC(=O)C(CNC(=O)OC(C)(C)C)Sc1ccccc1OC. The van der Waals surface area contributed by atoms with Gasteiger partial charge in [-0.2, -0.15) is 0 Å². The first-order valence-electron chi connectivity index (χ1n) is 8.86. The van der Waals surface area contributed by atoms with E-state index < -0.39 is 28.8 Å². The van der Waals surface area contributed by atoms with E-state index in [1.807, 2.05) is 18.2 Å². The van der Waals surface area contributed by atoms with Gasteiger partial charge in [0.05, 0.1) is 18.6 Å². The molecule has 0 fully saturated rings. The molecule has 8 nitrogen and oxygen atoms in total. The third kappa shape index (κ3) is 8.98. The van der Waals surface area contributed by atoms with Gasteiger partial charge in [0.15, 0.2) is 0 Å². The quantitative estimate of drug-likeness (QED) is 0.474. The molecule has 0 aromatic heterocycles. The normalized spacial score (nSPS) is 11.9. The van der Waals surface area contributed by atoms with Crippen LogP contribution in [0.4, 0.5) is 4.79 Å². The van der Waals surface area contributed by atoms with E-state index in [2.05, 4.69) is 10.6 Å². The summed E-state index contributed by atoms with van der Waals surface area (Å²) in [6.45, 7) is 6.92. The maximum Gasteiger partial charge on any atom is 0.407 e. The molecule has 1 unspecified atom stereocenters. The average molecular weight is 413 g/mol. The Kier molecular flexibility index (Phi) is 9.64. The maximum atomic E-state index is 12.6. The zero-order valence-electron chi connectivity index (χ0n) is 16.9. The van der Waals surface area contributed by atoms with E-state index >= 15 is 0 Å². The zero-order valence-corrected chi connectivity index (χ0v) is 17.7. The van der Waals surface area contributed by atoms with Crippen molar-refractivity contribution in [3.8, 4) is 5.75 Å². The molecule has 1 atom stereocenters. The van der Waals surface area contributed by atoms with Crippen LogP contribution < -0.4 is 15.4 Å². The fraction of sp³-hybridized carbons (Fsp3) is 0.526. The number of para-hydroxylation sites is 1. The molecule has 1 aromatic carbocycles. The highest BCUT2D eigenvalue weighted by Crippen LogP contribution is 2.32. The van der Waals surface area contributed by atoms with Gasteiger partial charge in [-0.1, -0.05) is 12.1 Å². The van der Waals surface area contributed by atoms with Crippen LogP contribution in [0.25, 0.3) is 0 Å². The molecule has 1 rings (SSSR count). The lowest BCUT2D eigenvalue weighted by Gasteiger charge is -2.22. The second kappa shape index (κ2) is 11.4. The van der Waals surface area contributed by atoms with Crippen LogP contribution >= 0.6 is 11.8 Å². The Balaban J connectivity index is 2.82. The van der Waals surface area contributed by atoms with Crippen molar-refractivity contribution in [2.24, 2.45) is 0 Å². The second-order valence-electron chi connectivity index (χ2n) is 6.66. The van der Waals surface area contributed by atoms with Crippen molar-refractivity contribution in [1.29, 1.82) is 0 Å². The van der Waals surface area contributed by atoms with Crippen molar-refractivity contribution in [2.45, 2.75) is 43.4 Å². The molecule has 1 aromatic rings. The topological polar surface area (TPSA) is 103 Å². The first kappa shape index (κ1) is 23.6. The van der Waals surface area contributed by atoms with Gasteiger partial charge in [-0.05, 0) is 39.8 Å². The standard InChI is InChI=1S/C19H28N2O6S/c1-6-26-16(22)12-20-17(23)15(11-21-18(24)27-19(2,3)4)28-14-10-8-7-9-13(14)25-5/h7-10,15H,6,11-12H2,1-5H3,(H,20,23)(H,21,24). The van der Waals surface area contributed by atoms with Gasteiger partial charge in [0.1, 0.15) is 23.1 Å². The number of benzene rings is 1. The first-order chi connectivity index (χ1) is 13.2. The number of esters is 1. The summed E-state index contributed by atoms with van der Waals surface area (Å²) in [5.41, 5.74) is -0.651. The Bertz CT molecular complexity index is 675. The van der Waals surface area contributed by atoms with Crippen molar-refractivity contribution in [3.63, 3.8) is 0 Å². The van der Waals surface area contributed by atoms with E-state index in [-0.39, 0.29) is 19.7 Å². The van der Waals surface area contributed by atoms with E-state index in [4.69, 9.17) is 14.2 Å². The molecule has 0 aliphatic rings. The van der Waals surface area contributed by atoms with E-state index in [9.17, 15) is 14.4 Å². The smallest absolute Gasteiger partial charge is 0.407 e. The van der Waals surface area contributed by atoms with Crippen LogP contribution in [0.3, 0.4) is 0 Å². The third-order valence-electron chi connectivity index (χ3n) is 3.17. The predicted octanol–water partition coefficient (Wildman–Crippen LogP) is 2.36. The number of carbonyl (C=O) groups is 3. The van der Waals surface area contributed by atoms with E-state index in [0.717, 1.165) is 4.90 Å². The number of methoxy groups -OCH3 is 1.